The minimum atomic E-state index is 0.581. The Bertz CT molecular complexity index is 584. The smallest absolute Gasteiger partial charge is 0.223 e. The molecule has 0 atom stereocenters. The standard InChI is InChI=1S/C15H17BrN2O/c1-4-5-14-17-13(16)9-15(18-14)19-12-7-6-10(2)8-11(12)3/h6-9H,4-5H2,1-3H3. The van der Waals surface area contributed by atoms with Gasteiger partial charge in [-0.3, -0.25) is 0 Å². The summed E-state index contributed by atoms with van der Waals surface area (Å²) in [7, 11) is 0. The van der Waals surface area contributed by atoms with Crippen LogP contribution in [0.1, 0.15) is 30.3 Å². The number of halogens is 1. The van der Waals surface area contributed by atoms with Crippen LogP contribution < -0.4 is 4.74 Å². The van der Waals surface area contributed by atoms with Crippen molar-refractivity contribution in [1.82, 2.24) is 9.97 Å². The molecule has 0 N–H and O–H groups in total. The first-order valence-corrected chi connectivity index (χ1v) is 7.16. The van der Waals surface area contributed by atoms with Crippen molar-refractivity contribution in [3.8, 4) is 11.6 Å². The SMILES string of the molecule is CCCc1nc(Br)cc(Oc2ccc(C)cc2C)n1. The number of aryl methyl sites for hydroxylation is 3. The van der Waals surface area contributed by atoms with Gasteiger partial charge in [0.25, 0.3) is 0 Å². The Hall–Kier alpha value is -1.42. The Kier molecular flexibility index (Phi) is 4.53. The molecule has 4 heteroatoms. The average molecular weight is 321 g/mol. The van der Waals surface area contributed by atoms with Gasteiger partial charge in [-0.1, -0.05) is 24.6 Å². The molecule has 0 amide bonds. The van der Waals surface area contributed by atoms with E-state index in [1.54, 1.807) is 6.07 Å². The fourth-order valence-electron chi connectivity index (χ4n) is 1.86. The largest absolute Gasteiger partial charge is 0.439 e. The molecule has 0 aliphatic heterocycles. The molecule has 19 heavy (non-hydrogen) atoms. The predicted molar refractivity (Wildman–Crippen MR) is 79.7 cm³/mol. The number of nitrogens with zero attached hydrogens (tertiary/aromatic N) is 2. The summed E-state index contributed by atoms with van der Waals surface area (Å²) in [5.41, 5.74) is 2.33. The molecule has 0 saturated heterocycles. The van der Waals surface area contributed by atoms with Gasteiger partial charge < -0.3 is 4.74 Å². The van der Waals surface area contributed by atoms with Gasteiger partial charge in [-0.25, -0.2) is 4.98 Å². The minimum absolute atomic E-state index is 0.581. The van der Waals surface area contributed by atoms with Crippen molar-refractivity contribution in [1.29, 1.82) is 0 Å². The highest BCUT2D eigenvalue weighted by atomic mass is 79.9. The van der Waals surface area contributed by atoms with E-state index in [0.29, 0.717) is 5.88 Å². The van der Waals surface area contributed by atoms with Crippen LogP contribution >= 0.6 is 15.9 Å². The summed E-state index contributed by atoms with van der Waals surface area (Å²) in [4.78, 5) is 8.75. The summed E-state index contributed by atoms with van der Waals surface area (Å²) >= 11 is 3.40. The molecule has 0 spiro atoms. The Morgan fingerprint density at radius 2 is 1.95 bits per heavy atom. The first-order chi connectivity index (χ1) is 9.08. The molecule has 0 saturated carbocycles. The van der Waals surface area contributed by atoms with Crippen LogP contribution in [0.25, 0.3) is 0 Å². The van der Waals surface area contributed by atoms with Crippen LogP contribution in [0.2, 0.25) is 0 Å². The highest BCUT2D eigenvalue weighted by Crippen LogP contribution is 2.26. The second-order valence-corrected chi connectivity index (χ2v) is 5.38. The van der Waals surface area contributed by atoms with Crippen molar-refractivity contribution < 1.29 is 4.74 Å². The molecule has 0 aliphatic rings. The lowest BCUT2D eigenvalue weighted by atomic mass is 10.1. The zero-order valence-corrected chi connectivity index (χ0v) is 13.0. The summed E-state index contributed by atoms with van der Waals surface area (Å²) in [5, 5.41) is 0. The molecule has 1 heterocycles. The van der Waals surface area contributed by atoms with Crippen molar-refractivity contribution in [2.45, 2.75) is 33.6 Å². The van der Waals surface area contributed by atoms with E-state index >= 15 is 0 Å². The van der Waals surface area contributed by atoms with Crippen molar-refractivity contribution in [2.24, 2.45) is 0 Å². The van der Waals surface area contributed by atoms with E-state index in [-0.39, 0.29) is 0 Å². The maximum atomic E-state index is 5.85. The lowest BCUT2D eigenvalue weighted by molar-refractivity contribution is 0.454. The molecular weight excluding hydrogens is 304 g/mol. The fourth-order valence-corrected chi connectivity index (χ4v) is 2.26. The lowest BCUT2D eigenvalue weighted by Crippen LogP contribution is -1.98. The normalized spacial score (nSPS) is 10.5. The van der Waals surface area contributed by atoms with Gasteiger partial charge in [0.1, 0.15) is 16.2 Å². The molecule has 0 unspecified atom stereocenters. The van der Waals surface area contributed by atoms with Gasteiger partial charge in [0.05, 0.1) is 0 Å². The predicted octanol–water partition coefficient (Wildman–Crippen LogP) is 4.60. The average Bonchev–Trinajstić information content (AvgIpc) is 2.32. The van der Waals surface area contributed by atoms with Crippen molar-refractivity contribution in [3.05, 3.63) is 45.8 Å². The third-order valence-corrected chi connectivity index (χ3v) is 3.14. The zero-order valence-electron chi connectivity index (χ0n) is 11.4. The van der Waals surface area contributed by atoms with E-state index in [0.717, 1.165) is 34.6 Å². The molecule has 0 bridgehead atoms. The van der Waals surface area contributed by atoms with Gasteiger partial charge >= 0.3 is 0 Å². The van der Waals surface area contributed by atoms with Crippen LogP contribution in [-0.2, 0) is 6.42 Å². The van der Waals surface area contributed by atoms with E-state index in [2.05, 4.69) is 45.8 Å². The van der Waals surface area contributed by atoms with Crippen molar-refractivity contribution in [3.63, 3.8) is 0 Å². The molecule has 2 aromatic rings. The second-order valence-electron chi connectivity index (χ2n) is 4.57. The van der Waals surface area contributed by atoms with E-state index in [4.69, 9.17) is 4.74 Å². The number of aromatic nitrogens is 2. The van der Waals surface area contributed by atoms with Gasteiger partial charge in [-0.15, -0.1) is 0 Å². The Morgan fingerprint density at radius 3 is 2.63 bits per heavy atom. The van der Waals surface area contributed by atoms with Crippen LogP contribution in [0.3, 0.4) is 0 Å². The maximum Gasteiger partial charge on any atom is 0.223 e. The van der Waals surface area contributed by atoms with Gasteiger partial charge in [-0.05, 0) is 47.8 Å². The van der Waals surface area contributed by atoms with Crippen LogP contribution in [0.4, 0.5) is 0 Å². The topological polar surface area (TPSA) is 35.0 Å². The molecular formula is C15H17BrN2O. The minimum Gasteiger partial charge on any atom is -0.439 e. The molecule has 1 aromatic carbocycles. The highest BCUT2D eigenvalue weighted by Gasteiger charge is 2.06. The molecule has 0 fully saturated rings. The molecule has 3 nitrogen and oxygen atoms in total. The molecule has 1 aromatic heterocycles. The first kappa shape index (κ1) is 14.0. The van der Waals surface area contributed by atoms with Gasteiger partial charge in [0.2, 0.25) is 5.88 Å². The van der Waals surface area contributed by atoms with Crippen LogP contribution in [-0.4, -0.2) is 9.97 Å². The molecule has 100 valence electrons. The summed E-state index contributed by atoms with van der Waals surface area (Å²) in [6.07, 6.45) is 1.86. The van der Waals surface area contributed by atoms with Crippen molar-refractivity contribution in [2.75, 3.05) is 0 Å². The summed E-state index contributed by atoms with van der Waals surface area (Å²) in [5.74, 6) is 2.22. The number of rotatable bonds is 4. The summed E-state index contributed by atoms with van der Waals surface area (Å²) < 4.78 is 6.61. The van der Waals surface area contributed by atoms with Crippen LogP contribution in [0, 0.1) is 13.8 Å². The quantitative estimate of drug-likeness (QED) is 0.772. The van der Waals surface area contributed by atoms with Gasteiger partial charge in [-0.2, -0.15) is 4.98 Å². The van der Waals surface area contributed by atoms with Crippen molar-refractivity contribution >= 4 is 15.9 Å². The van der Waals surface area contributed by atoms with E-state index in [9.17, 15) is 0 Å². The monoisotopic (exact) mass is 320 g/mol. The second kappa shape index (κ2) is 6.15. The number of hydrogen-bond donors (Lipinski definition) is 0. The third kappa shape index (κ3) is 3.77. The maximum absolute atomic E-state index is 5.85. The number of hydrogen-bond acceptors (Lipinski definition) is 3. The Labute approximate surface area is 122 Å². The Morgan fingerprint density at radius 1 is 1.16 bits per heavy atom. The molecule has 0 aliphatic carbocycles. The molecule has 0 radical (unpaired) electrons. The lowest BCUT2D eigenvalue weighted by Gasteiger charge is -2.09. The first-order valence-electron chi connectivity index (χ1n) is 6.37. The summed E-state index contributed by atoms with van der Waals surface area (Å²) in [6.45, 7) is 6.21. The zero-order chi connectivity index (χ0) is 13.8. The van der Waals surface area contributed by atoms with Gasteiger partial charge in [0, 0.05) is 12.5 Å². The van der Waals surface area contributed by atoms with Gasteiger partial charge in [0.15, 0.2) is 0 Å². The van der Waals surface area contributed by atoms with E-state index in [1.807, 2.05) is 19.1 Å². The highest BCUT2D eigenvalue weighted by molar-refractivity contribution is 9.10. The molecule has 2 rings (SSSR count). The van der Waals surface area contributed by atoms with Crippen LogP contribution in [0.5, 0.6) is 11.6 Å². The third-order valence-electron chi connectivity index (χ3n) is 2.74. The summed E-state index contributed by atoms with van der Waals surface area (Å²) in [6, 6.07) is 7.89. The van der Waals surface area contributed by atoms with Crippen LogP contribution in [0.15, 0.2) is 28.9 Å². The Balaban J connectivity index is 2.27. The van der Waals surface area contributed by atoms with E-state index in [1.165, 1.54) is 5.56 Å². The fraction of sp³-hybridized carbons (Fsp3) is 0.333. The van der Waals surface area contributed by atoms with E-state index < -0.39 is 0 Å². The number of ether oxygens (including phenoxy) is 1. The number of benzene rings is 1.